The zero-order valence-electron chi connectivity index (χ0n) is 11.6. The second-order valence-corrected chi connectivity index (χ2v) is 6.53. The lowest BCUT2D eigenvalue weighted by atomic mass is 10.1. The van der Waals surface area contributed by atoms with Gasteiger partial charge in [-0.2, -0.15) is 0 Å². The largest absolute Gasteiger partial charge is 0.399 e. The molecule has 0 amide bonds. The summed E-state index contributed by atoms with van der Waals surface area (Å²) >= 11 is 0. The summed E-state index contributed by atoms with van der Waals surface area (Å²) in [6, 6.07) is 10.7. The Labute approximate surface area is 123 Å². The Morgan fingerprint density at radius 2 is 1.81 bits per heavy atom. The molecule has 2 rings (SSSR count). The van der Waals surface area contributed by atoms with Crippen molar-refractivity contribution in [1.82, 2.24) is 4.72 Å². The summed E-state index contributed by atoms with van der Waals surface area (Å²) < 4.78 is 39.7. The first-order valence-electron chi connectivity index (χ1n) is 6.49. The van der Waals surface area contributed by atoms with Crippen molar-refractivity contribution in [2.24, 2.45) is 0 Å². The second kappa shape index (κ2) is 6.24. The lowest BCUT2D eigenvalue weighted by molar-refractivity contribution is 0.581. The Morgan fingerprint density at radius 3 is 2.43 bits per heavy atom. The molecule has 21 heavy (non-hydrogen) atoms. The van der Waals surface area contributed by atoms with Crippen LogP contribution in [0.25, 0.3) is 0 Å². The molecule has 112 valence electrons. The minimum atomic E-state index is -3.57. The number of nitrogens with one attached hydrogen (secondary N) is 1. The summed E-state index contributed by atoms with van der Waals surface area (Å²) in [4.78, 5) is 0.218. The van der Waals surface area contributed by atoms with Crippen molar-refractivity contribution in [2.45, 2.75) is 18.2 Å². The number of aryl methyl sites for hydroxylation is 1. The maximum atomic E-state index is 12.8. The van der Waals surface area contributed by atoms with E-state index in [1.807, 2.05) is 0 Å². The molecule has 0 aliphatic carbocycles. The highest BCUT2D eigenvalue weighted by atomic mass is 32.2. The van der Waals surface area contributed by atoms with Crippen LogP contribution in [0.15, 0.2) is 47.4 Å². The SMILES string of the molecule is Cc1cc(N)ccc1S(=O)(=O)NCCc1ccc(F)cc1. The lowest BCUT2D eigenvalue weighted by Gasteiger charge is -2.10. The normalized spacial score (nSPS) is 11.5. The third kappa shape index (κ3) is 4.03. The van der Waals surface area contributed by atoms with Crippen LogP contribution >= 0.6 is 0 Å². The van der Waals surface area contributed by atoms with Crippen LogP contribution in [0.3, 0.4) is 0 Å². The zero-order chi connectivity index (χ0) is 15.5. The van der Waals surface area contributed by atoms with Crippen molar-refractivity contribution in [3.8, 4) is 0 Å². The highest BCUT2D eigenvalue weighted by Crippen LogP contribution is 2.17. The van der Waals surface area contributed by atoms with E-state index in [1.165, 1.54) is 18.2 Å². The quantitative estimate of drug-likeness (QED) is 0.832. The minimum Gasteiger partial charge on any atom is -0.399 e. The predicted octanol–water partition coefficient (Wildman–Crippen LogP) is 2.24. The van der Waals surface area contributed by atoms with Gasteiger partial charge in [0.1, 0.15) is 5.82 Å². The van der Waals surface area contributed by atoms with Gasteiger partial charge in [-0.3, -0.25) is 0 Å². The van der Waals surface area contributed by atoms with Gasteiger partial charge >= 0.3 is 0 Å². The average Bonchev–Trinajstić information content (AvgIpc) is 2.40. The lowest BCUT2D eigenvalue weighted by Crippen LogP contribution is -2.26. The number of nitrogens with two attached hydrogens (primary N) is 1. The highest BCUT2D eigenvalue weighted by Gasteiger charge is 2.16. The molecule has 0 aliphatic heterocycles. The summed E-state index contributed by atoms with van der Waals surface area (Å²) in [5, 5.41) is 0. The van der Waals surface area contributed by atoms with Crippen LogP contribution in [0.4, 0.5) is 10.1 Å². The standard InChI is InChI=1S/C15H17FN2O2S/c1-11-10-14(17)6-7-15(11)21(19,20)18-9-8-12-2-4-13(16)5-3-12/h2-7,10,18H,8-9,17H2,1H3. The molecular weight excluding hydrogens is 291 g/mol. The van der Waals surface area contributed by atoms with E-state index in [2.05, 4.69) is 4.72 Å². The summed E-state index contributed by atoms with van der Waals surface area (Å²) in [7, 11) is -3.57. The molecule has 0 atom stereocenters. The Balaban J connectivity index is 2.03. The molecule has 0 saturated heterocycles. The van der Waals surface area contributed by atoms with Crippen LogP contribution in [-0.2, 0) is 16.4 Å². The Kier molecular flexibility index (Phi) is 4.59. The molecule has 0 heterocycles. The molecule has 3 N–H and O–H groups in total. The number of rotatable bonds is 5. The monoisotopic (exact) mass is 308 g/mol. The number of hydrogen-bond acceptors (Lipinski definition) is 3. The Hall–Kier alpha value is -1.92. The smallest absolute Gasteiger partial charge is 0.240 e. The summed E-state index contributed by atoms with van der Waals surface area (Å²) in [6.45, 7) is 1.95. The number of nitrogen functional groups attached to an aromatic ring is 1. The van der Waals surface area contributed by atoms with Gasteiger partial charge in [-0.05, 0) is 54.8 Å². The van der Waals surface area contributed by atoms with Crippen LogP contribution in [-0.4, -0.2) is 15.0 Å². The van der Waals surface area contributed by atoms with Gasteiger partial charge in [0.2, 0.25) is 10.0 Å². The first-order valence-corrected chi connectivity index (χ1v) is 7.97. The topological polar surface area (TPSA) is 72.2 Å². The van der Waals surface area contributed by atoms with Crippen molar-refractivity contribution >= 4 is 15.7 Å². The fraction of sp³-hybridized carbons (Fsp3) is 0.200. The van der Waals surface area contributed by atoms with E-state index >= 15 is 0 Å². The van der Waals surface area contributed by atoms with Gasteiger partial charge in [-0.1, -0.05) is 12.1 Å². The van der Waals surface area contributed by atoms with Gasteiger partial charge in [0.15, 0.2) is 0 Å². The number of sulfonamides is 1. The summed E-state index contributed by atoms with van der Waals surface area (Å²) in [5.74, 6) is -0.308. The van der Waals surface area contributed by atoms with Gasteiger partial charge in [0.25, 0.3) is 0 Å². The molecule has 2 aromatic carbocycles. The number of benzene rings is 2. The van der Waals surface area contributed by atoms with Gasteiger partial charge in [0, 0.05) is 12.2 Å². The van der Waals surface area contributed by atoms with Crippen LogP contribution in [0.5, 0.6) is 0 Å². The van der Waals surface area contributed by atoms with Crippen molar-refractivity contribution in [1.29, 1.82) is 0 Å². The zero-order valence-corrected chi connectivity index (χ0v) is 12.5. The van der Waals surface area contributed by atoms with E-state index in [0.717, 1.165) is 5.56 Å². The maximum absolute atomic E-state index is 12.8. The van der Waals surface area contributed by atoms with Gasteiger partial charge < -0.3 is 5.73 Å². The highest BCUT2D eigenvalue weighted by molar-refractivity contribution is 7.89. The molecule has 0 fully saturated rings. The minimum absolute atomic E-state index is 0.218. The molecule has 0 saturated carbocycles. The first-order chi connectivity index (χ1) is 9.88. The molecule has 0 spiro atoms. The van der Waals surface area contributed by atoms with E-state index in [9.17, 15) is 12.8 Å². The fourth-order valence-corrected chi connectivity index (χ4v) is 3.29. The molecule has 2 aromatic rings. The maximum Gasteiger partial charge on any atom is 0.240 e. The third-order valence-electron chi connectivity index (χ3n) is 3.11. The van der Waals surface area contributed by atoms with E-state index in [1.54, 1.807) is 31.2 Å². The summed E-state index contributed by atoms with van der Waals surface area (Å²) in [5.41, 5.74) is 7.61. The van der Waals surface area contributed by atoms with Crippen molar-refractivity contribution in [2.75, 3.05) is 12.3 Å². The van der Waals surface area contributed by atoms with Crippen molar-refractivity contribution in [3.05, 3.63) is 59.4 Å². The fourth-order valence-electron chi connectivity index (χ4n) is 2.03. The molecule has 4 nitrogen and oxygen atoms in total. The van der Waals surface area contributed by atoms with E-state index in [0.29, 0.717) is 17.7 Å². The Morgan fingerprint density at radius 1 is 1.14 bits per heavy atom. The van der Waals surface area contributed by atoms with Gasteiger partial charge in [0.05, 0.1) is 4.90 Å². The van der Waals surface area contributed by atoms with Crippen LogP contribution in [0.1, 0.15) is 11.1 Å². The molecule has 0 radical (unpaired) electrons. The van der Waals surface area contributed by atoms with Crippen LogP contribution in [0.2, 0.25) is 0 Å². The van der Waals surface area contributed by atoms with Gasteiger partial charge in [-0.15, -0.1) is 0 Å². The molecule has 6 heteroatoms. The molecule has 0 aromatic heterocycles. The van der Waals surface area contributed by atoms with E-state index in [-0.39, 0.29) is 17.3 Å². The first kappa shape index (κ1) is 15.5. The molecular formula is C15H17FN2O2S. The van der Waals surface area contributed by atoms with E-state index < -0.39 is 10.0 Å². The van der Waals surface area contributed by atoms with Crippen LogP contribution in [0, 0.1) is 12.7 Å². The van der Waals surface area contributed by atoms with Gasteiger partial charge in [-0.25, -0.2) is 17.5 Å². The Bertz CT molecular complexity index is 728. The summed E-state index contributed by atoms with van der Waals surface area (Å²) in [6.07, 6.45) is 0.494. The van der Waals surface area contributed by atoms with Crippen LogP contribution < -0.4 is 10.5 Å². The second-order valence-electron chi connectivity index (χ2n) is 4.80. The number of anilines is 1. The predicted molar refractivity (Wildman–Crippen MR) is 80.9 cm³/mol. The van der Waals surface area contributed by atoms with Crippen molar-refractivity contribution < 1.29 is 12.8 Å². The molecule has 0 aliphatic rings. The van der Waals surface area contributed by atoms with E-state index in [4.69, 9.17) is 5.73 Å². The molecule has 0 bridgehead atoms. The molecule has 0 unspecified atom stereocenters. The third-order valence-corrected chi connectivity index (χ3v) is 4.73. The van der Waals surface area contributed by atoms with Crippen molar-refractivity contribution in [3.63, 3.8) is 0 Å². The number of halogens is 1. The average molecular weight is 308 g/mol. The number of hydrogen-bond donors (Lipinski definition) is 2.